The van der Waals surface area contributed by atoms with Gasteiger partial charge in [-0.15, -0.1) is 0 Å². The number of halogens is 2. The lowest BCUT2D eigenvalue weighted by atomic mass is 9.75. The molecule has 1 fully saturated rings. The minimum absolute atomic E-state index is 0.0763. The molecule has 1 aromatic carbocycles. The SMILES string of the molecule is NCC1(C(O)c2ccc(F)cc2F)CCCOC1. The fourth-order valence-electron chi connectivity index (χ4n) is 2.42. The van der Waals surface area contributed by atoms with Crippen LogP contribution in [0.4, 0.5) is 8.78 Å². The highest BCUT2D eigenvalue weighted by Gasteiger charge is 2.40. The molecule has 18 heavy (non-hydrogen) atoms. The number of nitrogens with two attached hydrogens (primary N) is 1. The zero-order valence-electron chi connectivity index (χ0n) is 10.0. The van der Waals surface area contributed by atoms with Gasteiger partial charge in [-0.3, -0.25) is 0 Å². The lowest BCUT2D eigenvalue weighted by Gasteiger charge is -2.40. The smallest absolute Gasteiger partial charge is 0.131 e. The van der Waals surface area contributed by atoms with Gasteiger partial charge in [-0.05, 0) is 18.9 Å². The molecule has 5 heteroatoms. The molecule has 0 aromatic heterocycles. The molecule has 3 nitrogen and oxygen atoms in total. The maximum absolute atomic E-state index is 13.7. The van der Waals surface area contributed by atoms with Crippen molar-refractivity contribution in [2.45, 2.75) is 18.9 Å². The summed E-state index contributed by atoms with van der Waals surface area (Å²) < 4.78 is 31.9. The van der Waals surface area contributed by atoms with E-state index in [0.29, 0.717) is 19.6 Å². The summed E-state index contributed by atoms with van der Waals surface area (Å²) in [4.78, 5) is 0. The molecule has 0 aliphatic carbocycles. The highest BCUT2D eigenvalue weighted by molar-refractivity contribution is 5.23. The second kappa shape index (κ2) is 5.30. The van der Waals surface area contributed by atoms with Crippen molar-refractivity contribution in [3.05, 3.63) is 35.4 Å². The number of benzene rings is 1. The Morgan fingerprint density at radius 3 is 2.78 bits per heavy atom. The van der Waals surface area contributed by atoms with Gasteiger partial charge in [0.05, 0.1) is 12.7 Å². The quantitative estimate of drug-likeness (QED) is 0.867. The third-order valence-corrected chi connectivity index (χ3v) is 3.60. The zero-order valence-corrected chi connectivity index (χ0v) is 10.0. The van der Waals surface area contributed by atoms with Gasteiger partial charge in [0.1, 0.15) is 11.6 Å². The normalized spacial score (nSPS) is 26.0. The molecule has 1 aliphatic rings. The molecule has 1 aromatic rings. The van der Waals surface area contributed by atoms with E-state index >= 15 is 0 Å². The van der Waals surface area contributed by atoms with Gasteiger partial charge in [0.2, 0.25) is 0 Å². The van der Waals surface area contributed by atoms with Crippen molar-refractivity contribution in [3.63, 3.8) is 0 Å². The van der Waals surface area contributed by atoms with E-state index in [2.05, 4.69) is 0 Å². The van der Waals surface area contributed by atoms with Gasteiger partial charge >= 0.3 is 0 Å². The average molecular weight is 257 g/mol. The van der Waals surface area contributed by atoms with Crippen LogP contribution in [-0.4, -0.2) is 24.9 Å². The van der Waals surface area contributed by atoms with E-state index in [-0.39, 0.29) is 12.1 Å². The molecule has 2 atom stereocenters. The summed E-state index contributed by atoms with van der Waals surface area (Å²) in [7, 11) is 0. The Morgan fingerprint density at radius 2 is 2.22 bits per heavy atom. The monoisotopic (exact) mass is 257 g/mol. The fourth-order valence-corrected chi connectivity index (χ4v) is 2.42. The number of aliphatic hydroxyl groups is 1. The molecule has 0 spiro atoms. The Bertz CT molecular complexity index is 419. The van der Waals surface area contributed by atoms with Crippen molar-refractivity contribution >= 4 is 0 Å². The van der Waals surface area contributed by atoms with E-state index in [4.69, 9.17) is 10.5 Å². The first-order chi connectivity index (χ1) is 8.59. The van der Waals surface area contributed by atoms with Gasteiger partial charge in [0, 0.05) is 30.2 Å². The van der Waals surface area contributed by atoms with E-state index < -0.39 is 23.2 Å². The highest BCUT2D eigenvalue weighted by atomic mass is 19.1. The van der Waals surface area contributed by atoms with E-state index in [1.54, 1.807) is 0 Å². The molecule has 1 saturated heterocycles. The molecule has 0 radical (unpaired) electrons. The van der Waals surface area contributed by atoms with Gasteiger partial charge in [-0.2, -0.15) is 0 Å². The number of ether oxygens (including phenoxy) is 1. The van der Waals surface area contributed by atoms with Crippen LogP contribution in [0.5, 0.6) is 0 Å². The lowest BCUT2D eigenvalue weighted by molar-refractivity contribution is -0.0792. The summed E-state index contributed by atoms with van der Waals surface area (Å²) in [6.45, 7) is 1.12. The van der Waals surface area contributed by atoms with Crippen LogP contribution in [0.15, 0.2) is 18.2 Å². The molecule has 2 unspecified atom stereocenters. The van der Waals surface area contributed by atoms with Gasteiger partial charge < -0.3 is 15.6 Å². The van der Waals surface area contributed by atoms with E-state index in [0.717, 1.165) is 18.6 Å². The molecule has 100 valence electrons. The van der Waals surface area contributed by atoms with E-state index in [9.17, 15) is 13.9 Å². The Balaban J connectivity index is 2.30. The number of rotatable bonds is 3. The van der Waals surface area contributed by atoms with Gasteiger partial charge in [-0.1, -0.05) is 6.07 Å². The summed E-state index contributed by atoms with van der Waals surface area (Å²) in [5.74, 6) is -1.41. The summed E-state index contributed by atoms with van der Waals surface area (Å²) in [5, 5.41) is 10.3. The van der Waals surface area contributed by atoms with Crippen LogP contribution in [0.1, 0.15) is 24.5 Å². The van der Waals surface area contributed by atoms with Crippen LogP contribution in [0.25, 0.3) is 0 Å². The molecule has 0 saturated carbocycles. The lowest BCUT2D eigenvalue weighted by Crippen LogP contribution is -2.44. The average Bonchev–Trinajstić information content (AvgIpc) is 2.39. The maximum Gasteiger partial charge on any atom is 0.131 e. The van der Waals surface area contributed by atoms with Crippen LogP contribution >= 0.6 is 0 Å². The van der Waals surface area contributed by atoms with E-state index in [1.165, 1.54) is 6.07 Å². The van der Waals surface area contributed by atoms with Crippen LogP contribution in [-0.2, 0) is 4.74 Å². The van der Waals surface area contributed by atoms with Crippen molar-refractivity contribution in [1.82, 2.24) is 0 Å². The predicted octanol–water partition coefficient (Wildman–Crippen LogP) is 1.75. The molecule has 1 heterocycles. The topological polar surface area (TPSA) is 55.5 Å². The summed E-state index contributed by atoms with van der Waals surface area (Å²) in [5.41, 5.74) is 5.11. The van der Waals surface area contributed by atoms with Crippen LogP contribution in [0.3, 0.4) is 0 Å². The molecular weight excluding hydrogens is 240 g/mol. The third-order valence-electron chi connectivity index (χ3n) is 3.60. The second-order valence-corrected chi connectivity index (χ2v) is 4.79. The highest BCUT2D eigenvalue weighted by Crippen LogP contribution is 2.40. The Morgan fingerprint density at radius 1 is 1.44 bits per heavy atom. The van der Waals surface area contributed by atoms with Crippen LogP contribution < -0.4 is 5.73 Å². The van der Waals surface area contributed by atoms with Crippen LogP contribution in [0, 0.1) is 17.0 Å². The summed E-state index contributed by atoms with van der Waals surface area (Å²) >= 11 is 0. The minimum Gasteiger partial charge on any atom is -0.388 e. The zero-order chi connectivity index (χ0) is 13.2. The first-order valence-electron chi connectivity index (χ1n) is 6.00. The molecule has 1 aliphatic heterocycles. The molecular formula is C13H17F2NO2. The Hall–Kier alpha value is -1.04. The first kappa shape index (κ1) is 13.4. The molecule has 2 rings (SSSR count). The first-order valence-corrected chi connectivity index (χ1v) is 6.00. The maximum atomic E-state index is 13.7. The fraction of sp³-hybridized carbons (Fsp3) is 0.538. The predicted molar refractivity (Wildman–Crippen MR) is 62.9 cm³/mol. The van der Waals surface area contributed by atoms with Gasteiger partial charge in [0.25, 0.3) is 0 Å². The second-order valence-electron chi connectivity index (χ2n) is 4.79. The van der Waals surface area contributed by atoms with Crippen molar-refractivity contribution < 1.29 is 18.6 Å². The molecule has 3 N–H and O–H groups in total. The Kier molecular flexibility index (Phi) is 3.94. The summed E-state index contributed by atoms with van der Waals surface area (Å²) in [6.07, 6.45) is 0.363. The van der Waals surface area contributed by atoms with E-state index in [1.807, 2.05) is 0 Å². The van der Waals surface area contributed by atoms with Crippen LogP contribution in [0.2, 0.25) is 0 Å². The van der Waals surface area contributed by atoms with Gasteiger partial charge in [-0.25, -0.2) is 8.78 Å². The number of aliphatic hydroxyl groups excluding tert-OH is 1. The number of hydrogen-bond donors (Lipinski definition) is 2. The minimum atomic E-state index is -1.08. The standard InChI is InChI=1S/C13H17F2NO2/c14-9-2-3-10(11(15)6-9)12(17)13(7-16)4-1-5-18-8-13/h2-3,6,12,17H,1,4-5,7-8,16H2. The Labute approximate surface area is 105 Å². The van der Waals surface area contributed by atoms with Gasteiger partial charge in [0.15, 0.2) is 0 Å². The van der Waals surface area contributed by atoms with Crippen molar-refractivity contribution in [1.29, 1.82) is 0 Å². The molecule has 0 bridgehead atoms. The summed E-state index contributed by atoms with van der Waals surface area (Å²) in [6, 6.07) is 3.17. The van der Waals surface area contributed by atoms with Crippen molar-refractivity contribution in [3.8, 4) is 0 Å². The molecule has 0 amide bonds. The third kappa shape index (κ3) is 2.39. The number of hydrogen-bond acceptors (Lipinski definition) is 3. The van der Waals surface area contributed by atoms with Crippen molar-refractivity contribution in [2.24, 2.45) is 11.1 Å². The van der Waals surface area contributed by atoms with Crippen molar-refractivity contribution in [2.75, 3.05) is 19.8 Å². The largest absolute Gasteiger partial charge is 0.388 e.